The van der Waals surface area contributed by atoms with Gasteiger partial charge < -0.3 is 29.9 Å². The van der Waals surface area contributed by atoms with Crippen LogP contribution in [0.2, 0.25) is 0 Å². The number of carbonyl (C=O) groups is 3. The minimum absolute atomic E-state index is 0.0681. The summed E-state index contributed by atoms with van der Waals surface area (Å²) >= 11 is 0. The highest BCUT2D eigenvalue weighted by atomic mass is 19.1. The summed E-state index contributed by atoms with van der Waals surface area (Å²) in [7, 11) is 0. The van der Waals surface area contributed by atoms with Crippen LogP contribution in [0.1, 0.15) is 106 Å². The number of alkyl halides is 1. The number of carbonyl (C=O) groups excluding carboxylic acids is 3. The number of ketones is 1. The van der Waals surface area contributed by atoms with Crippen LogP contribution in [0.3, 0.4) is 0 Å². The molecule has 2 saturated heterocycles. The van der Waals surface area contributed by atoms with Crippen molar-refractivity contribution in [3.05, 3.63) is 11.8 Å². The Balaban J connectivity index is 1.22. The maximum absolute atomic E-state index is 16.6. The Morgan fingerprint density at radius 3 is 2.49 bits per heavy atom. The number of nitrogens with one attached hydrogen (secondary N) is 2. The molecule has 49 heavy (non-hydrogen) atoms. The van der Waals surface area contributed by atoms with Crippen LogP contribution >= 0.6 is 0 Å². The van der Waals surface area contributed by atoms with Gasteiger partial charge in [-0.25, -0.2) is 9.18 Å². The molecule has 3 heterocycles. The second kappa shape index (κ2) is 15.2. The number of ether oxygens (including phenoxy) is 2. The zero-order chi connectivity index (χ0) is 35.0. The molecule has 2 amide bonds. The van der Waals surface area contributed by atoms with Crippen LogP contribution < -0.4 is 10.6 Å². The molecule has 11 atom stereocenters. The van der Waals surface area contributed by atoms with Crippen molar-refractivity contribution in [3.8, 4) is 0 Å². The largest absolute Gasteiger partial charge is 0.444 e. The predicted molar refractivity (Wildman–Crippen MR) is 187 cm³/mol. The van der Waals surface area contributed by atoms with Gasteiger partial charge in [-0.2, -0.15) is 0 Å². The van der Waals surface area contributed by atoms with Crippen molar-refractivity contribution in [2.24, 2.45) is 17.8 Å². The summed E-state index contributed by atoms with van der Waals surface area (Å²) < 4.78 is 29.1. The van der Waals surface area contributed by atoms with Gasteiger partial charge in [-0.1, -0.05) is 39.5 Å². The number of halogens is 1. The molecule has 0 aromatic rings. The molecule has 0 aromatic carbocycles. The van der Waals surface area contributed by atoms with Crippen molar-refractivity contribution in [3.63, 3.8) is 0 Å². The van der Waals surface area contributed by atoms with Gasteiger partial charge in [0, 0.05) is 37.3 Å². The first-order chi connectivity index (χ1) is 23.4. The summed E-state index contributed by atoms with van der Waals surface area (Å²) in [4.78, 5) is 47.4. The lowest BCUT2D eigenvalue weighted by Crippen LogP contribution is -2.73. The number of nitrogens with zero attached hydrogens (tertiary/aromatic N) is 3. The van der Waals surface area contributed by atoms with Crippen LogP contribution in [0.15, 0.2) is 11.8 Å². The number of hydrogen-bond donors (Lipinski definition) is 2. The Morgan fingerprint density at radius 1 is 1.08 bits per heavy atom. The first-order valence-corrected chi connectivity index (χ1v) is 19.5. The van der Waals surface area contributed by atoms with E-state index in [2.05, 4.69) is 39.2 Å². The van der Waals surface area contributed by atoms with E-state index < -0.39 is 35.9 Å². The molecule has 11 unspecified atom stereocenters. The molecule has 276 valence electrons. The topological polar surface area (TPSA) is 103 Å². The molecular formula is C38H62FN5O5. The van der Waals surface area contributed by atoms with Crippen LogP contribution in [0, 0.1) is 17.8 Å². The van der Waals surface area contributed by atoms with E-state index in [0.717, 1.165) is 45.3 Å². The third kappa shape index (κ3) is 7.98. The number of amides is 2. The molecule has 0 radical (unpaired) electrons. The Labute approximate surface area is 293 Å². The smallest absolute Gasteiger partial charge is 0.407 e. The van der Waals surface area contributed by atoms with Crippen molar-refractivity contribution >= 4 is 17.8 Å². The van der Waals surface area contributed by atoms with Gasteiger partial charge in [-0.05, 0) is 97.7 Å². The highest BCUT2D eigenvalue weighted by Gasteiger charge is 2.61. The summed E-state index contributed by atoms with van der Waals surface area (Å²) in [5.74, 6) is 0.00470. The summed E-state index contributed by atoms with van der Waals surface area (Å²) in [6.07, 6.45) is 8.95. The van der Waals surface area contributed by atoms with Crippen molar-refractivity contribution < 1.29 is 28.2 Å². The fourth-order valence-electron chi connectivity index (χ4n) is 10.1. The molecule has 6 aliphatic rings. The third-order valence-electron chi connectivity index (χ3n) is 12.4. The minimum Gasteiger partial charge on any atom is -0.444 e. The van der Waals surface area contributed by atoms with E-state index in [4.69, 9.17) is 9.47 Å². The average Bonchev–Trinajstić information content (AvgIpc) is 3.49. The van der Waals surface area contributed by atoms with Gasteiger partial charge in [-0.3, -0.25) is 14.5 Å². The predicted octanol–water partition coefficient (Wildman–Crippen LogP) is 4.81. The number of rotatable bonds is 10. The maximum atomic E-state index is 16.6. The molecule has 2 N–H and O–H groups in total. The lowest BCUT2D eigenvalue weighted by atomic mass is 9.64. The van der Waals surface area contributed by atoms with Crippen LogP contribution in [0.25, 0.3) is 0 Å². The number of morpholine rings is 1. The van der Waals surface area contributed by atoms with Crippen LogP contribution in [0.4, 0.5) is 9.18 Å². The summed E-state index contributed by atoms with van der Waals surface area (Å²) in [6, 6.07) is -0.989. The fourth-order valence-corrected chi connectivity index (χ4v) is 10.1. The number of fused-ring (bicyclic) bond motifs is 3. The molecular weight excluding hydrogens is 625 g/mol. The van der Waals surface area contributed by atoms with Gasteiger partial charge in [0.25, 0.3) is 5.91 Å². The van der Waals surface area contributed by atoms with E-state index in [9.17, 15) is 14.4 Å². The Hall–Kier alpha value is -2.24. The van der Waals surface area contributed by atoms with Crippen LogP contribution in [0.5, 0.6) is 0 Å². The monoisotopic (exact) mass is 687 g/mol. The number of hydrogen-bond acceptors (Lipinski definition) is 8. The van der Waals surface area contributed by atoms with Crippen LogP contribution in [-0.4, -0.2) is 119 Å². The normalized spacial score (nSPS) is 36.7. The summed E-state index contributed by atoms with van der Waals surface area (Å²) in [5, 5.41) is 6.11. The number of likely N-dealkylation sites (tertiary alicyclic amines) is 1. The Kier molecular flexibility index (Phi) is 11.3. The molecule has 3 aliphatic carbocycles. The SMILES string of the molecule is CCN(CC)CCCC(C)NC(=O)C1=CN2C3CC4CCCCC4CC3OC3C(N4CCC(NC(=O)OC(C)(C)C)C4)C(F)CC(C1=O)C32. The van der Waals surface area contributed by atoms with Crippen molar-refractivity contribution in [2.45, 2.75) is 160 Å². The molecule has 0 aromatic heterocycles. The third-order valence-corrected chi connectivity index (χ3v) is 12.4. The molecule has 11 heteroatoms. The van der Waals surface area contributed by atoms with Gasteiger partial charge >= 0.3 is 6.09 Å². The summed E-state index contributed by atoms with van der Waals surface area (Å²) in [5.41, 5.74) is -0.423. The van der Waals surface area contributed by atoms with Crippen molar-refractivity contribution in [2.75, 3.05) is 32.7 Å². The molecule has 3 saturated carbocycles. The van der Waals surface area contributed by atoms with E-state index in [1.54, 1.807) is 0 Å². The highest BCUT2D eigenvalue weighted by Crippen LogP contribution is 2.51. The molecule has 6 rings (SSSR count). The lowest BCUT2D eigenvalue weighted by Gasteiger charge is -2.61. The minimum atomic E-state index is -1.29. The molecule has 5 fully saturated rings. The van der Waals surface area contributed by atoms with Gasteiger partial charge in [-0.15, -0.1) is 0 Å². The fraction of sp³-hybridized carbons (Fsp3) is 0.868. The first-order valence-electron chi connectivity index (χ1n) is 19.5. The Bertz CT molecular complexity index is 1240. The van der Waals surface area contributed by atoms with Gasteiger partial charge in [0.05, 0.1) is 35.9 Å². The van der Waals surface area contributed by atoms with Crippen molar-refractivity contribution in [1.82, 2.24) is 25.3 Å². The Morgan fingerprint density at radius 2 is 1.80 bits per heavy atom. The number of Topliss-reactive ketones (excluding diaryl/α,β-unsaturated/α-hetero) is 1. The van der Waals surface area contributed by atoms with Crippen molar-refractivity contribution in [1.29, 1.82) is 0 Å². The van der Waals surface area contributed by atoms with Gasteiger partial charge in [0.2, 0.25) is 0 Å². The maximum Gasteiger partial charge on any atom is 0.407 e. The molecule has 10 nitrogen and oxygen atoms in total. The van der Waals surface area contributed by atoms with Crippen LogP contribution in [-0.2, 0) is 19.1 Å². The second-order valence-corrected chi connectivity index (χ2v) is 16.8. The van der Waals surface area contributed by atoms with Gasteiger partial charge in [0.15, 0.2) is 5.78 Å². The number of alkyl carbamates (subject to hydrolysis) is 1. The first kappa shape index (κ1) is 36.5. The molecule has 3 aliphatic heterocycles. The van der Waals surface area contributed by atoms with E-state index >= 15 is 4.39 Å². The quantitative estimate of drug-likeness (QED) is 0.316. The lowest BCUT2D eigenvalue weighted by molar-refractivity contribution is -0.219. The summed E-state index contributed by atoms with van der Waals surface area (Å²) in [6.45, 7) is 16.0. The highest BCUT2D eigenvalue weighted by molar-refractivity contribution is 6.20. The molecule has 0 bridgehead atoms. The van der Waals surface area contributed by atoms with E-state index in [-0.39, 0.29) is 54.0 Å². The second-order valence-electron chi connectivity index (χ2n) is 16.8. The standard InChI is InChI=1S/C38H62FN5O5/c1-7-42(8-2)16-11-12-23(3)40-36(46)28-22-44-30-18-24-13-9-10-14-25(24)19-31(30)48-35-32(44)27(34(28)45)20-29(39)33(35)43-17-15-26(21-43)41-37(47)49-38(4,5)6/h22-27,29-33,35H,7-21H2,1-6H3,(H,40,46)(H,41,47). The van der Waals surface area contributed by atoms with Gasteiger partial charge in [0.1, 0.15) is 11.8 Å². The molecule has 0 spiro atoms. The zero-order valence-corrected chi connectivity index (χ0v) is 30.8. The van der Waals surface area contributed by atoms with E-state index in [1.807, 2.05) is 33.9 Å². The zero-order valence-electron chi connectivity index (χ0n) is 30.8. The van der Waals surface area contributed by atoms with E-state index in [0.29, 0.717) is 31.3 Å². The van der Waals surface area contributed by atoms with E-state index in [1.165, 1.54) is 25.7 Å². The average molecular weight is 688 g/mol.